The average molecular weight is 491 g/mol. The van der Waals surface area contributed by atoms with E-state index in [1.807, 2.05) is 37.3 Å². The van der Waals surface area contributed by atoms with Gasteiger partial charge >= 0.3 is 0 Å². The molecule has 2 fully saturated rings. The third-order valence-electron chi connectivity index (χ3n) is 7.04. The van der Waals surface area contributed by atoms with Crippen molar-refractivity contribution in [2.45, 2.75) is 19.8 Å². The summed E-state index contributed by atoms with van der Waals surface area (Å²) in [6.45, 7) is 11.5. The van der Waals surface area contributed by atoms with Crippen molar-refractivity contribution in [3.63, 3.8) is 0 Å². The van der Waals surface area contributed by atoms with Gasteiger partial charge in [0.2, 0.25) is 5.90 Å². The molecule has 1 aromatic heterocycles. The van der Waals surface area contributed by atoms with E-state index in [1.54, 1.807) is 14.2 Å². The van der Waals surface area contributed by atoms with Crippen LogP contribution >= 0.6 is 0 Å². The Kier molecular flexibility index (Phi) is 6.98. The molecule has 0 aliphatic carbocycles. The summed E-state index contributed by atoms with van der Waals surface area (Å²) in [6, 6.07) is 11.7. The molecule has 0 bridgehead atoms. The molecule has 0 saturated carbocycles. The van der Waals surface area contributed by atoms with Gasteiger partial charge in [-0.2, -0.15) is 0 Å². The van der Waals surface area contributed by atoms with Crippen LogP contribution in [0.15, 0.2) is 46.4 Å². The minimum absolute atomic E-state index is 0.414. The molecule has 2 saturated heterocycles. The van der Waals surface area contributed by atoms with Gasteiger partial charge in [-0.1, -0.05) is 0 Å². The number of benzene rings is 2. The first-order valence-electron chi connectivity index (χ1n) is 12.4. The fourth-order valence-corrected chi connectivity index (χ4v) is 5.09. The van der Waals surface area contributed by atoms with E-state index < -0.39 is 0 Å². The number of aromatic amines is 1. The van der Waals surface area contributed by atoms with E-state index in [4.69, 9.17) is 18.9 Å². The topological polar surface area (TPSA) is 80.7 Å². The molecule has 2 aliphatic heterocycles. The highest BCUT2D eigenvalue weighted by Crippen LogP contribution is 2.38. The van der Waals surface area contributed by atoms with E-state index in [2.05, 4.69) is 32.7 Å². The van der Waals surface area contributed by atoms with Crippen LogP contribution in [0.25, 0.3) is 10.9 Å². The van der Waals surface area contributed by atoms with Crippen molar-refractivity contribution in [2.75, 3.05) is 53.6 Å². The van der Waals surface area contributed by atoms with Crippen LogP contribution < -0.4 is 14.2 Å². The molecule has 3 aromatic rings. The number of nitrogens with zero attached hydrogens (tertiary/aromatic N) is 3. The first-order valence-corrected chi connectivity index (χ1v) is 12.4. The van der Waals surface area contributed by atoms with Gasteiger partial charge in [0, 0.05) is 48.2 Å². The van der Waals surface area contributed by atoms with Crippen molar-refractivity contribution in [3.8, 4) is 17.2 Å². The Labute approximate surface area is 211 Å². The highest BCUT2D eigenvalue weighted by atomic mass is 16.5. The zero-order valence-corrected chi connectivity index (χ0v) is 21.3. The predicted octanol–water partition coefficient (Wildman–Crippen LogP) is 4.76. The quantitative estimate of drug-likeness (QED) is 0.266. The van der Waals surface area contributed by atoms with Gasteiger partial charge in [0.05, 0.1) is 38.2 Å². The van der Waals surface area contributed by atoms with Gasteiger partial charge < -0.3 is 28.8 Å². The minimum Gasteiger partial charge on any atom is -0.493 e. The summed E-state index contributed by atoms with van der Waals surface area (Å²) in [6.07, 6.45) is 2.17. The third kappa shape index (κ3) is 4.96. The Bertz CT molecular complexity index is 1280. The predicted molar refractivity (Wildman–Crippen MR) is 143 cm³/mol. The van der Waals surface area contributed by atoms with E-state index in [1.165, 1.54) is 6.42 Å². The lowest BCUT2D eigenvalue weighted by Crippen LogP contribution is -2.44. The number of aliphatic imine (C=N–C) groups is 2. The first kappa shape index (κ1) is 24.3. The lowest BCUT2D eigenvalue weighted by atomic mass is 9.85. The highest BCUT2D eigenvalue weighted by molar-refractivity contribution is 6.01. The van der Waals surface area contributed by atoms with Crippen molar-refractivity contribution < 1.29 is 18.9 Å². The minimum atomic E-state index is 0.414. The van der Waals surface area contributed by atoms with Gasteiger partial charge in [-0.25, -0.2) is 0 Å². The monoisotopic (exact) mass is 490 g/mol. The number of hydrogen-bond acceptors (Lipinski definition) is 7. The SMILES string of the molecule is C=Nc1cc(OCCCN2CCC3(COC3)C2)c(OC)cc1/C(=N\C)Oc1ccc2[nH]c(C)cc2c1. The number of hydrogen-bond donors (Lipinski definition) is 1. The van der Waals surface area contributed by atoms with E-state index >= 15 is 0 Å². The molecule has 8 heteroatoms. The van der Waals surface area contributed by atoms with E-state index in [9.17, 15) is 0 Å². The number of fused-ring (bicyclic) bond motifs is 1. The van der Waals surface area contributed by atoms with Crippen LogP contribution in [-0.4, -0.2) is 76.1 Å². The number of rotatable bonds is 9. The van der Waals surface area contributed by atoms with Gasteiger partial charge in [0.1, 0.15) is 5.75 Å². The van der Waals surface area contributed by atoms with Gasteiger partial charge in [0.25, 0.3) is 0 Å². The van der Waals surface area contributed by atoms with Crippen molar-refractivity contribution >= 4 is 29.2 Å². The first-order chi connectivity index (χ1) is 17.5. The average Bonchev–Trinajstić information content (AvgIpc) is 3.47. The number of H-pyrrole nitrogens is 1. The standard InChI is InChI=1S/C28H34N4O4/c1-19-12-20-13-21(6-7-23(20)31-19)36-27(30-3)22-14-25(33-4)26(15-24(22)29-2)35-11-5-9-32-10-8-28(16-32)17-34-18-28/h6-7,12-15,31H,2,5,8-11,16-18H2,1,3-4H3/b30-27+. The molecule has 2 aliphatic rings. The summed E-state index contributed by atoms with van der Waals surface area (Å²) in [5.74, 6) is 2.35. The van der Waals surface area contributed by atoms with Crippen LogP contribution in [0.3, 0.4) is 0 Å². The normalized spacial score (nSPS) is 17.4. The summed E-state index contributed by atoms with van der Waals surface area (Å²) in [5, 5.41) is 1.08. The Morgan fingerprint density at radius 2 is 2.06 bits per heavy atom. The molecule has 0 atom stereocenters. The summed E-state index contributed by atoms with van der Waals surface area (Å²) in [5.41, 5.74) is 3.89. The Hall–Kier alpha value is -3.36. The Morgan fingerprint density at radius 3 is 2.75 bits per heavy atom. The molecule has 1 N–H and O–H groups in total. The second kappa shape index (κ2) is 10.3. The molecule has 190 valence electrons. The number of aromatic nitrogens is 1. The molecule has 1 spiro atoms. The number of ether oxygens (including phenoxy) is 4. The van der Waals surface area contributed by atoms with Crippen molar-refractivity contribution in [2.24, 2.45) is 15.4 Å². The maximum Gasteiger partial charge on any atom is 0.224 e. The van der Waals surface area contributed by atoms with Crippen molar-refractivity contribution in [3.05, 3.63) is 47.7 Å². The number of likely N-dealkylation sites (tertiary alicyclic amines) is 1. The van der Waals surface area contributed by atoms with Crippen LogP contribution in [-0.2, 0) is 4.74 Å². The van der Waals surface area contributed by atoms with Gasteiger partial charge in [-0.05, 0) is 63.4 Å². The molecule has 36 heavy (non-hydrogen) atoms. The summed E-state index contributed by atoms with van der Waals surface area (Å²) >= 11 is 0. The number of aryl methyl sites for hydroxylation is 1. The molecule has 0 unspecified atom stereocenters. The molecular formula is C28H34N4O4. The lowest BCUT2D eigenvalue weighted by Gasteiger charge is -2.37. The summed E-state index contributed by atoms with van der Waals surface area (Å²) in [4.78, 5) is 14.4. The molecule has 0 radical (unpaired) electrons. The second-order valence-electron chi connectivity index (χ2n) is 9.73. The molecule has 3 heterocycles. The number of methoxy groups -OCH3 is 1. The van der Waals surface area contributed by atoms with E-state index in [-0.39, 0.29) is 0 Å². The molecular weight excluding hydrogens is 456 g/mol. The lowest BCUT2D eigenvalue weighted by molar-refractivity contribution is -0.105. The van der Waals surface area contributed by atoms with E-state index in [0.29, 0.717) is 46.4 Å². The van der Waals surface area contributed by atoms with Crippen LogP contribution in [0, 0.1) is 12.3 Å². The highest BCUT2D eigenvalue weighted by Gasteiger charge is 2.43. The van der Waals surface area contributed by atoms with Crippen molar-refractivity contribution in [1.82, 2.24) is 9.88 Å². The van der Waals surface area contributed by atoms with Crippen molar-refractivity contribution in [1.29, 1.82) is 0 Å². The number of nitrogens with one attached hydrogen (secondary N) is 1. The largest absolute Gasteiger partial charge is 0.493 e. The zero-order valence-electron chi connectivity index (χ0n) is 21.3. The van der Waals surface area contributed by atoms with Crippen LogP contribution in [0.2, 0.25) is 0 Å². The van der Waals surface area contributed by atoms with Crippen LogP contribution in [0.5, 0.6) is 17.2 Å². The Morgan fingerprint density at radius 1 is 1.19 bits per heavy atom. The molecule has 8 nitrogen and oxygen atoms in total. The fourth-order valence-electron chi connectivity index (χ4n) is 5.09. The van der Waals surface area contributed by atoms with Gasteiger partial charge in [-0.3, -0.25) is 9.98 Å². The molecule has 2 aromatic carbocycles. The second-order valence-corrected chi connectivity index (χ2v) is 9.73. The fraction of sp³-hybridized carbons (Fsp3) is 0.429. The van der Waals surface area contributed by atoms with Crippen LogP contribution in [0.1, 0.15) is 24.1 Å². The smallest absolute Gasteiger partial charge is 0.224 e. The van der Waals surface area contributed by atoms with Gasteiger partial charge in [0.15, 0.2) is 11.5 Å². The van der Waals surface area contributed by atoms with E-state index in [0.717, 1.165) is 55.9 Å². The molecule has 0 amide bonds. The summed E-state index contributed by atoms with van der Waals surface area (Å²) < 4.78 is 23.4. The third-order valence-corrected chi connectivity index (χ3v) is 7.04. The maximum atomic E-state index is 6.17. The molecule has 5 rings (SSSR count). The zero-order chi connectivity index (χ0) is 25.1. The van der Waals surface area contributed by atoms with Crippen LogP contribution in [0.4, 0.5) is 5.69 Å². The maximum absolute atomic E-state index is 6.17. The summed E-state index contributed by atoms with van der Waals surface area (Å²) in [7, 11) is 3.32. The van der Waals surface area contributed by atoms with Gasteiger partial charge in [-0.15, -0.1) is 0 Å². The Balaban J connectivity index is 1.26.